The first-order valence-electron chi connectivity index (χ1n) is 8.20. The van der Waals surface area contributed by atoms with Crippen LogP contribution in [-0.4, -0.2) is 30.2 Å². The summed E-state index contributed by atoms with van der Waals surface area (Å²) in [6, 6.07) is 4.43. The van der Waals surface area contributed by atoms with Crippen LogP contribution in [-0.2, 0) is 0 Å². The van der Waals surface area contributed by atoms with E-state index in [2.05, 4.69) is 20.5 Å². The SMILES string of the molecule is CC(Sc1nnnn1C1CC1)c1nc2scc(-c3cccs3)c2c(=O)[nH]1. The normalized spacial score (nSPS) is 15.6. The highest BCUT2D eigenvalue weighted by atomic mass is 32.2. The van der Waals surface area contributed by atoms with Gasteiger partial charge in [-0.25, -0.2) is 9.67 Å². The molecule has 1 saturated carbocycles. The number of H-pyrrole nitrogens is 1. The molecule has 1 unspecified atom stereocenters. The zero-order valence-electron chi connectivity index (χ0n) is 13.7. The van der Waals surface area contributed by atoms with Crippen molar-refractivity contribution in [1.82, 2.24) is 30.2 Å². The van der Waals surface area contributed by atoms with E-state index in [4.69, 9.17) is 4.98 Å². The van der Waals surface area contributed by atoms with Crippen molar-refractivity contribution >= 4 is 44.7 Å². The summed E-state index contributed by atoms with van der Waals surface area (Å²) >= 11 is 4.65. The molecule has 1 fully saturated rings. The molecule has 5 rings (SSSR count). The van der Waals surface area contributed by atoms with Gasteiger partial charge in [-0.05, 0) is 41.6 Å². The first-order valence-corrected chi connectivity index (χ1v) is 10.8. The molecule has 0 aromatic carbocycles. The maximum Gasteiger partial charge on any atom is 0.260 e. The van der Waals surface area contributed by atoms with Crippen molar-refractivity contribution in [2.75, 3.05) is 0 Å². The fourth-order valence-electron chi connectivity index (χ4n) is 2.80. The van der Waals surface area contributed by atoms with Crippen molar-refractivity contribution in [2.45, 2.75) is 36.2 Å². The molecule has 0 bridgehead atoms. The Hall–Kier alpha value is -2.04. The molecule has 0 aliphatic heterocycles. The molecule has 4 heterocycles. The van der Waals surface area contributed by atoms with Gasteiger partial charge in [-0.15, -0.1) is 27.8 Å². The van der Waals surface area contributed by atoms with E-state index in [-0.39, 0.29) is 10.8 Å². The molecule has 1 aliphatic carbocycles. The Kier molecular flexibility index (Phi) is 3.91. The third-order valence-corrected chi connectivity index (χ3v) is 7.10. The average Bonchev–Trinajstić information content (AvgIpc) is 3.06. The van der Waals surface area contributed by atoms with Crippen LogP contribution in [0, 0.1) is 0 Å². The Bertz CT molecular complexity index is 1120. The number of aromatic nitrogens is 6. The number of tetrazole rings is 1. The molecule has 10 heteroatoms. The second-order valence-electron chi connectivity index (χ2n) is 6.16. The van der Waals surface area contributed by atoms with Gasteiger partial charge in [-0.2, -0.15) is 0 Å². The standard InChI is InChI=1S/C16H14N6OS3/c1-8(26-16-19-20-21-22(16)9-4-5-9)13-17-14(23)12-10(7-25-15(12)18-13)11-3-2-6-24-11/h2-3,6-9H,4-5H2,1H3,(H,17,18,23). The van der Waals surface area contributed by atoms with Crippen LogP contribution in [0.4, 0.5) is 0 Å². The maximum atomic E-state index is 12.7. The highest BCUT2D eigenvalue weighted by Gasteiger charge is 2.29. The van der Waals surface area contributed by atoms with Crippen LogP contribution in [0.5, 0.6) is 0 Å². The third-order valence-electron chi connectivity index (χ3n) is 4.27. The highest BCUT2D eigenvalue weighted by Crippen LogP contribution is 2.40. The molecule has 0 spiro atoms. The number of aromatic amines is 1. The maximum absolute atomic E-state index is 12.7. The lowest BCUT2D eigenvalue weighted by Gasteiger charge is -2.10. The summed E-state index contributed by atoms with van der Waals surface area (Å²) in [4.78, 5) is 22.2. The van der Waals surface area contributed by atoms with E-state index >= 15 is 0 Å². The van der Waals surface area contributed by atoms with Crippen LogP contribution in [0.2, 0.25) is 0 Å². The van der Waals surface area contributed by atoms with Gasteiger partial charge in [-0.1, -0.05) is 17.8 Å². The average molecular weight is 403 g/mol. The Morgan fingerprint density at radius 3 is 3.04 bits per heavy atom. The quantitative estimate of drug-likeness (QED) is 0.510. The van der Waals surface area contributed by atoms with E-state index in [0.29, 0.717) is 17.3 Å². The lowest BCUT2D eigenvalue weighted by Crippen LogP contribution is -2.12. The van der Waals surface area contributed by atoms with Gasteiger partial charge in [0.1, 0.15) is 10.7 Å². The summed E-state index contributed by atoms with van der Waals surface area (Å²) in [7, 11) is 0. The van der Waals surface area contributed by atoms with Crippen LogP contribution < -0.4 is 5.56 Å². The Balaban J connectivity index is 1.49. The molecular weight excluding hydrogens is 388 g/mol. The Morgan fingerprint density at radius 1 is 1.38 bits per heavy atom. The minimum absolute atomic E-state index is 0.0529. The molecule has 132 valence electrons. The second-order valence-corrected chi connectivity index (χ2v) is 9.27. The zero-order chi connectivity index (χ0) is 17.7. The monoisotopic (exact) mass is 402 g/mol. The highest BCUT2D eigenvalue weighted by molar-refractivity contribution is 7.99. The van der Waals surface area contributed by atoms with Crippen molar-refractivity contribution in [1.29, 1.82) is 0 Å². The van der Waals surface area contributed by atoms with Gasteiger partial charge in [0.2, 0.25) is 5.16 Å². The Morgan fingerprint density at radius 2 is 2.27 bits per heavy atom. The van der Waals surface area contributed by atoms with E-state index in [0.717, 1.165) is 33.3 Å². The van der Waals surface area contributed by atoms with Crippen LogP contribution in [0.15, 0.2) is 32.8 Å². The molecule has 4 aromatic heterocycles. The second kappa shape index (κ2) is 6.29. The molecule has 4 aromatic rings. The fourth-order valence-corrected chi connectivity index (χ4v) is 5.48. The summed E-state index contributed by atoms with van der Waals surface area (Å²) in [5.41, 5.74) is 0.863. The van der Waals surface area contributed by atoms with Gasteiger partial charge < -0.3 is 4.98 Å². The summed E-state index contributed by atoms with van der Waals surface area (Å²) in [5.74, 6) is 0.650. The topological polar surface area (TPSA) is 89.3 Å². The number of nitrogens with one attached hydrogen (secondary N) is 1. The van der Waals surface area contributed by atoms with Crippen molar-refractivity contribution in [2.24, 2.45) is 0 Å². The predicted octanol–water partition coefficient (Wildman–Crippen LogP) is 3.89. The smallest absolute Gasteiger partial charge is 0.260 e. The van der Waals surface area contributed by atoms with Crippen LogP contribution >= 0.6 is 34.4 Å². The van der Waals surface area contributed by atoms with E-state index in [1.165, 1.54) is 23.1 Å². The molecule has 1 N–H and O–H groups in total. The zero-order valence-corrected chi connectivity index (χ0v) is 16.2. The molecule has 1 aliphatic rings. The predicted molar refractivity (Wildman–Crippen MR) is 104 cm³/mol. The summed E-state index contributed by atoms with van der Waals surface area (Å²) in [6.07, 6.45) is 2.24. The number of hydrogen-bond donors (Lipinski definition) is 1. The van der Waals surface area contributed by atoms with Crippen molar-refractivity contribution in [3.8, 4) is 10.4 Å². The largest absolute Gasteiger partial charge is 0.309 e. The molecule has 0 saturated heterocycles. The molecular formula is C16H14N6OS3. The number of fused-ring (bicyclic) bond motifs is 1. The van der Waals surface area contributed by atoms with Gasteiger partial charge in [0.15, 0.2) is 0 Å². The number of nitrogens with zero attached hydrogens (tertiary/aromatic N) is 5. The van der Waals surface area contributed by atoms with Gasteiger partial charge in [0.05, 0.1) is 16.7 Å². The van der Waals surface area contributed by atoms with Crippen molar-refractivity contribution < 1.29 is 0 Å². The number of hydrogen-bond acceptors (Lipinski definition) is 8. The molecule has 0 radical (unpaired) electrons. The summed E-state index contributed by atoms with van der Waals surface area (Å²) in [6.45, 7) is 2.01. The van der Waals surface area contributed by atoms with Crippen LogP contribution in [0.1, 0.15) is 36.9 Å². The van der Waals surface area contributed by atoms with E-state index in [9.17, 15) is 4.79 Å². The van der Waals surface area contributed by atoms with Crippen molar-refractivity contribution in [3.63, 3.8) is 0 Å². The van der Waals surface area contributed by atoms with Gasteiger partial charge in [0, 0.05) is 15.8 Å². The molecule has 0 amide bonds. The minimum atomic E-state index is -0.0936. The van der Waals surface area contributed by atoms with Crippen LogP contribution in [0.3, 0.4) is 0 Å². The number of thioether (sulfide) groups is 1. The number of rotatable bonds is 5. The van der Waals surface area contributed by atoms with E-state index in [1.54, 1.807) is 11.3 Å². The lowest BCUT2D eigenvalue weighted by molar-refractivity contribution is 0.564. The number of thiophene rings is 2. The third kappa shape index (κ3) is 2.78. The molecule has 1 atom stereocenters. The summed E-state index contributed by atoms with van der Waals surface area (Å²) < 4.78 is 1.87. The van der Waals surface area contributed by atoms with Gasteiger partial charge >= 0.3 is 0 Å². The first-order chi connectivity index (χ1) is 12.7. The first kappa shape index (κ1) is 16.2. The molecule has 7 nitrogen and oxygen atoms in total. The summed E-state index contributed by atoms with van der Waals surface area (Å²) in [5, 5.41) is 17.4. The van der Waals surface area contributed by atoms with Crippen LogP contribution in [0.25, 0.3) is 20.7 Å². The Labute approximate surface area is 160 Å². The van der Waals surface area contributed by atoms with E-state index in [1.807, 2.05) is 34.5 Å². The fraction of sp³-hybridized carbons (Fsp3) is 0.312. The van der Waals surface area contributed by atoms with Gasteiger partial charge in [0.25, 0.3) is 5.56 Å². The molecule has 26 heavy (non-hydrogen) atoms. The van der Waals surface area contributed by atoms with E-state index < -0.39 is 0 Å². The lowest BCUT2D eigenvalue weighted by atomic mass is 10.2. The van der Waals surface area contributed by atoms with Crippen molar-refractivity contribution in [3.05, 3.63) is 39.1 Å². The van der Waals surface area contributed by atoms with Gasteiger partial charge in [-0.3, -0.25) is 4.79 Å². The minimum Gasteiger partial charge on any atom is -0.309 e.